The largest absolute Gasteiger partial charge is 0.312 e. The van der Waals surface area contributed by atoms with Crippen LogP contribution in [-0.2, 0) is 19.5 Å². The van der Waals surface area contributed by atoms with E-state index in [1.165, 1.54) is 55.5 Å². The van der Waals surface area contributed by atoms with Crippen LogP contribution in [0.4, 0.5) is 0 Å². The molecule has 0 bridgehead atoms. The molecular weight excluding hydrogens is 260 g/mol. The minimum atomic E-state index is 0.725. The maximum absolute atomic E-state index is 5.07. The van der Waals surface area contributed by atoms with Crippen LogP contribution in [0.25, 0.3) is 0 Å². The zero-order valence-electron chi connectivity index (χ0n) is 13.7. The number of rotatable bonds is 5. The number of fused-ring (bicyclic) bond motifs is 1. The molecule has 0 saturated heterocycles. The van der Waals surface area contributed by atoms with Crippen LogP contribution in [-0.4, -0.2) is 41.9 Å². The lowest BCUT2D eigenvalue weighted by Gasteiger charge is -2.22. The molecule has 3 rings (SSSR count). The molecule has 1 aliphatic carbocycles. The lowest BCUT2D eigenvalue weighted by molar-refractivity contribution is 0.375. The van der Waals surface area contributed by atoms with E-state index in [0.717, 1.165) is 38.5 Å². The van der Waals surface area contributed by atoms with Gasteiger partial charge in [-0.05, 0) is 39.9 Å². The lowest BCUT2D eigenvalue weighted by atomic mass is 9.84. The fourth-order valence-electron chi connectivity index (χ4n) is 3.87. The van der Waals surface area contributed by atoms with Gasteiger partial charge in [-0.25, -0.2) is 0 Å². The van der Waals surface area contributed by atoms with Crippen LogP contribution in [0, 0.1) is 0 Å². The first kappa shape index (κ1) is 15.0. The van der Waals surface area contributed by atoms with E-state index in [1.54, 1.807) is 0 Å². The van der Waals surface area contributed by atoms with Crippen LogP contribution < -0.4 is 5.32 Å². The summed E-state index contributed by atoms with van der Waals surface area (Å²) in [4.78, 5) is 2.26. The van der Waals surface area contributed by atoms with Crippen molar-refractivity contribution in [3.8, 4) is 0 Å². The first-order valence-corrected chi connectivity index (χ1v) is 8.69. The summed E-state index contributed by atoms with van der Waals surface area (Å²) >= 11 is 0. The van der Waals surface area contributed by atoms with E-state index in [2.05, 4.69) is 29.0 Å². The van der Waals surface area contributed by atoms with Crippen molar-refractivity contribution in [1.29, 1.82) is 0 Å². The first-order valence-electron chi connectivity index (χ1n) is 8.69. The third kappa shape index (κ3) is 3.49. The number of nitrogens with one attached hydrogen (secondary N) is 1. The second-order valence-electron chi connectivity index (χ2n) is 6.95. The van der Waals surface area contributed by atoms with Gasteiger partial charge in [-0.1, -0.05) is 19.3 Å². The third-order valence-electron chi connectivity index (χ3n) is 5.01. The highest BCUT2D eigenvalue weighted by Gasteiger charge is 2.26. The van der Waals surface area contributed by atoms with Crippen molar-refractivity contribution in [2.24, 2.45) is 0 Å². The smallest absolute Gasteiger partial charge is 0.0703 e. The Kier molecular flexibility index (Phi) is 4.96. The van der Waals surface area contributed by atoms with Crippen molar-refractivity contribution in [3.63, 3.8) is 0 Å². The Morgan fingerprint density at radius 3 is 2.81 bits per heavy atom. The van der Waals surface area contributed by atoms with Crippen molar-refractivity contribution in [3.05, 3.63) is 17.0 Å². The molecule has 0 unspecified atom stereocenters. The highest BCUT2D eigenvalue weighted by molar-refractivity contribution is 5.31. The molecule has 1 aromatic rings. The Balaban J connectivity index is 1.78. The Morgan fingerprint density at radius 1 is 1.24 bits per heavy atom. The van der Waals surface area contributed by atoms with Gasteiger partial charge in [-0.15, -0.1) is 0 Å². The van der Waals surface area contributed by atoms with Crippen LogP contribution in [0.1, 0.15) is 61.4 Å². The van der Waals surface area contributed by atoms with Crippen LogP contribution in [0.5, 0.6) is 0 Å². The van der Waals surface area contributed by atoms with E-state index in [9.17, 15) is 0 Å². The molecule has 21 heavy (non-hydrogen) atoms. The van der Waals surface area contributed by atoms with E-state index in [4.69, 9.17) is 5.10 Å². The van der Waals surface area contributed by atoms with Crippen molar-refractivity contribution in [1.82, 2.24) is 20.0 Å². The molecular formula is C17H30N4. The zero-order valence-corrected chi connectivity index (χ0v) is 13.7. The summed E-state index contributed by atoms with van der Waals surface area (Å²) in [6.07, 6.45) is 9.24. The van der Waals surface area contributed by atoms with Gasteiger partial charge in [-0.3, -0.25) is 4.68 Å². The first-order chi connectivity index (χ1) is 10.3. The molecule has 4 heteroatoms. The number of hydrogen-bond acceptors (Lipinski definition) is 3. The molecule has 1 saturated carbocycles. The second kappa shape index (κ2) is 6.93. The Labute approximate surface area is 128 Å². The number of nitrogens with zero attached hydrogens (tertiary/aromatic N) is 3. The Bertz CT molecular complexity index is 458. The van der Waals surface area contributed by atoms with Crippen molar-refractivity contribution in [2.75, 3.05) is 27.2 Å². The summed E-state index contributed by atoms with van der Waals surface area (Å²) in [5.41, 5.74) is 4.49. The normalized spacial score (nSPS) is 20.0. The van der Waals surface area contributed by atoms with Crippen molar-refractivity contribution in [2.45, 2.75) is 64.0 Å². The number of hydrogen-bond donors (Lipinski definition) is 1. The summed E-state index contributed by atoms with van der Waals surface area (Å²) in [7, 11) is 4.30. The average molecular weight is 290 g/mol. The molecule has 0 radical (unpaired) electrons. The van der Waals surface area contributed by atoms with Gasteiger partial charge in [0, 0.05) is 43.2 Å². The highest BCUT2D eigenvalue weighted by atomic mass is 15.3. The quantitative estimate of drug-likeness (QED) is 0.904. The van der Waals surface area contributed by atoms with Gasteiger partial charge in [0.05, 0.1) is 5.69 Å². The standard InChI is InChI=1S/C17H30N4/c1-20(2)11-6-12-21-16-9-10-18-13-15(16)17(19-21)14-7-4-3-5-8-14/h14,18H,3-13H2,1-2H3. The van der Waals surface area contributed by atoms with Gasteiger partial charge in [-0.2, -0.15) is 5.10 Å². The molecule has 1 aromatic heterocycles. The van der Waals surface area contributed by atoms with Gasteiger partial charge in [0.2, 0.25) is 0 Å². The highest BCUT2D eigenvalue weighted by Crippen LogP contribution is 2.35. The van der Waals surface area contributed by atoms with E-state index < -0.39 is 0 Å². The van der Waals surface area contributed by atoms with E-state index in [1.807, 2.05) is 0 Å². The van der Waals surface area contributed by atoms with Crippen LogP contribution in [0.2, 0.25) is 0 Å². The number of aromatic nitrogens is 2. The third-order valence-corrected chi connectivity index (χ3v) is 5.01. The van der Waals surface area contributed by atoms with Gasteiger partial charge in [0.15, 0.2) is 0 Å². The minimum Gasteiger partial charge on any atom is -0.312 e. The van der Waals surface area contributed by atoms with Crippen LogP contribution >= 0.6 is 0 Å². The van der Waals surface area contributed by atoms with Crippen molar-refractivity contribution >= 4 is 0 Å². The predicted molar refractivity (Wildman–Crippen MR) is 86.6 cm³/mol. The fourth-order valence-corrected chi connectivity index (χ4v) is 3.87. The van der Waals surface area contributed by atoms with Crippen LogP contribution in [0.3, 0.4) is 0 Å². The fraction of sp³-hybridized carbons (Fsp3) is 0.824. The molecule has 1 fully saturated rings. The summed E-state index contributed by atoms with van der Waals surface area (Å²) in [6, 6.07) is 0. The zero-order chi connectivity index (χ0) is 14.7. The number of aryl methyl sites for hydroxylation is 1. The molecule has 0 aromatic carbocycles. The summed E-state index contributed by atoms with van der Waals surface area (Å²) in [6.45, 7) is 4.37. The van der Waals surface area contributed by atoms with Gasteiger partial charge in [0.25, 0.3) is 0 Å². The molecule has 1 aliphatic heterocycles. The maximum atomic E-state index is 5.07. The lowest BCUT2D eigenvalue weighted by Crippen LogP contribution is -2.26. The van der Waals surface area contributed by atoms with Gasteiger partial charge in [0.1, 0.15) is 0 Å². The molecule has 0 atom stereocenters. The monoisotopic (exact) mass is 290 g/mol. The molecule has 2 heterocycles. The average Bonchev–Trinajstić information content (AvgIpc) is 2.87. The molecule has 2 aliphatic rings. The Hall–Kier alpha value is -0.870. The molecule has 4 nitrogen and oxygen atoms in total. The van der Waals surface area contributed by atoms with Crippen molar-refractivity contribution < 1.29 is 0 Å². The SMILES string of the molecule is CN(C)CCCn1nc(C2CCCCC2)c2c1CCNC2. The summed E-state index contributed by atoms with van der Waals surface area (Å²) in [5.74, 6) is 0.725. The predicted octanol–water partition coefficient (Wildman–Crippen LogP) is 2.53. The van der Waals surface area contributed by atoms with E-state index in [-0.39, 0.29) is 0 Å². The van der Waals surface area contributed by atoms with Gasteiger partial charge < -0.3 is 10.2 Å². The summed E-state index contributed by atoms with van der Waals surface area (Å²) in [5, 5.41) is 8.62. The summed E-state index contributed by atoms with van der Waals surface area (Å²) < 4.78 is 2.34. The Morgan fingerprint density at radius 2 is 2.05 bits per heavy atom. The maximum Gasteiger partial charge on any atom is 0.0703 e. The molecule has 118 valence electrons. The second-order valence-corrected chi connectivity index (χ2v) is 6.95. The molecule has 0 spiro atoms. The molecule has 1 N–H and O–H groups in total. The van der Waals surface area contributed by atoms with E-state index >= 15 is 0 Å². The van der Waals surface area contributed by atoms with Crippen LogP contribution in [0.15, 0.2) is 0 Å². The minimum absolute atomic E-state index is 0.725. The van der Waals surface area contributed by atoms with E-state index in [0.29, 0.717) is 0 Å². The molecule has 0 amide bonds. The van der Waals surface area contributed by atoms with Gasteiger partial charge >= 0.3 is 0 Å². The topological polar surface area (TPSA) is 33.1 Å².